The molecule has 1 aromatic carbocycles. The fourth-order valence-corrected chi connectivity index (χ4v) is 1.59. The maximum atomic E-state index is 9.72. The molecule has 0 saturated carbocycles. The van der Waals surface area contributed by atoms with Gasteiger partial charge in [0.2, 0.25) is 0 Å². The molecule has 0 aliphatic carbocycles. The minimum atomic E-state index is -0.0422. The highest BCUT2D eigenvalue weighted by Crippen LogP contribution is 2.35. The van der Waals surface area contributed by atoms with Gasteiger partial charge in [0, 0.05) is 0 Å². The lowest BCUT2D eigenvalue weighted by molar-refractivity contribution is 0.396. The third-order valence-corrected chi connectivity index (χ3v) is 2.69. The molecule has 0 radical (unpaired) electrons. The number of nitrogens with two attached hydrogens (primary N) is 1. The van der Waals surface area contributed by atoms with Crippen LogP contribution in [0.3, 0.4) is 0 Å². The van der Waals surface area contributed by atoms with E-state index in [4.69, 9.17) is 5.73 Å². The van der Waals surface area contributed by atoms with Gasteiger partial charge in [-0.3, -0.25) is 0 Å². The van der Waals surface area contributed by atoms with E-state index in [1.165, 1.54) is 0 Å². The maximum Gasteiger partial charge on any atom is 0.160 e. The lowest BCUT2D eigenvalue weighted by atomic mass is 9.85. The van der Waals surface area contributed by atoms with Gasteiger partial charge in [-0.25, -0.2) is 0 Å². The maximum absolute atomic E-state index is 9.72. The van der Waals surface area contributed by atoms with Crippen LogP contribution >= 0.6 is 0 Å². The van der Waals surface area contributed by atoms with Crippen LogP contribution in [0.25, 0.3) is 0 Å². The van der Waals surface area contributed by atoms with Crippen LogP contribution in [0.5, 0.6) is 11.5 Å². The van der Waals surface area contributed by atoms with Gasteiger partial charge in [0.05, 0.1) is 0 Å². The van der Waals surface area contributed by atoms with Crippen molar-refractivity contribution in [2.75, 3.05) is 6.54 Å². The smallest absolute Gasteiger partial charge is 0.160 e. The molecule has 90 valence electrons. The summed E-state index contributed by atoms with van der Waals surface area (Å²) in [5.74, 6) is -0.0547. The highest BCUT2D eigenvalue weighted by molar-refractivity contribution is 5.49. The van der Waals surface area contributed by atoms with Gasteiger partial charge in [-0.1, -0.05) is 26.8 Å². The standard InChI is InChI=1S/C13H21NO2/c1-13(2,3)10-7-9(5-4-6-14)12(16)11(15)8-10/h7-8,15-16H,4-6,14H2,1-3H3. The molecule has 1 aromatic rings. The fraction of sp³-hybridized carbons (Fsp3) is 0.538. The molecule has 0 spiro atoms. The van der Waals surface area contributed by atoms with Gasteiger partial charge in [-0.2, -0.15) is 0 Å². The molecule has 16 heavy (non-hydrogen) atoms. The summed E-state index contributed by atoms with van der Waals surface area (Å²) in [6.07, 6.45) is 1.50. The molecule has 0 heterocycles. The van der Waals surface area contributed by atoms with E-state index in [0.29, 0.717) is 13.0 Å². The first-order valence-corrected chi connectivity index (χ1v) is 5.61. The molecule has 0 atom stereocenters. The lowest BCUT2D eigenvalue weighted by Crippen LogP contribution is -2.11. The minimum Gasteiger partial charge on any atom is -0.504 e. The van der Waals surface area contributed by atoms with Crippen molar-refractivity contribution in [3.05, 3.63) is 23.3 Å². The van der Waals surface area contributed by atoms with Crippen LogP contribution in [0.2, 0.25) is 0 Å². The zero-order valence-electron chi connectivity index (χ0n) is 10.2. The summed E-state index contributed by atoms with van der Waals surface area (Å²) in [5, 5.41) is 19.4. The number of rotatable bonds is 3. The van der Waals surface area contributed by atoms with Crippen molar-refractivity contribution in [3.63, 3.8) is 0 Å². The van der Waals surface area contributed by atoms with Crippen LogP contribution in [0.4, 0.5) is 0 Å². The highest BCUT2D eigenvalue weighted by Gasteiger charge is 2.18. The van der Waals surface area contributed by atoms with Gasteiger partial charge in [0.15, 0.2) is 11.5 Å². The number of hydrogen-bond donors (Lipinski definition) is 3. The molecule has 0 bridgehead atoms. The molecule has 0 aromatic heterocycles. The molecular formula is C13H21NO2. The number of hydrogen-bond acceptors (Lipinski definition) is 3. The second-order valence-electron chi connectivity index (χ2n) is 5.15. The summed E-state index contributed by atoms with van der Waals surface area (Å²) in [4.78, 5) is 0. The second kappa shape index (κ2) is 4.74. The summed E-state index contributed by atoms with van der Waals surface area (Å²) >= 11 is 0. The number of aryl methyl sites for hydroxylation is 1. The molecular weight excluding hydrogens is 202 g/mol. The van der Waals surface area contributed by atoms with Crippen LogP contribution in [0, 0.1) is 0 Å². The van der Waals surface area contributed by atoms with E-state index in [1.807, 2.05) is 6.07 Å². The molecule has 0 aliphatic rings. The van der Waals surface area contributed by atoms with E-state index in [9.17, 15) is 10.2 Å². The van der Waals surface area contributed by atoms with Crippen molar-refractivity contribution in [1.82, 2.24) is 0 Å². The Bertz CT molecular complexity index is 367. The SMILES string of the molecule is CC(C)(C)c1cc(O)c(O)c(CCCN)c1. The molecule has 1 rings (SSSR count). The van der Waals surface area contributed by atoms with E-state index in [0.717, 1.165) is 17.5 Å². The van der Waals surface area contributed by atoms with Gasteiger partial charge in [-0.15, -0.1) is 0 Å². The molecule has 3 nitrogen and oxygen atoms in total. The van der Waals surface area contributed by atoms with Gasteiger partial charge >= 0.3 is 0 Å². The van der Waals surface area contributed by atoms with E-state index in [2.05, 4.69) is 20.8 Å². The first kappa shape index (κ1) is 12.8. The fourth-order valence-electron chi connectivity index (χ4n) is 1.59. The Morgan fingerprint density at radius 2 is 1.81 bits per heavy atom. The molecule has 0 saturated heterocycles. The molecule has 3 heteroatoms. The summed E-state index contributed by atoms with van der Waals surface area (Å²) in [5.41, 5.74) is 7.20. The number of phenols is 2. The summed E-state index contributed by atoms with van der Waals surface area (Å²) in [6.45, 7) is 6.81. The lowest BCUT2D eigenvalue weighted by Gasteiger charge is -2.21. The first-order chi connectivity index (χ1) is 7.36. The quantitative estimate of drug-likeness (QED) is 0.689. The Morgan fingerprint density at radius 3 is 2.31 bits per heavy atom. The Balaban J connectivity index is 3.12. The normalized spacial score (nSPS) is 11.8. The van der Waals surface area contributed by atoms with Crippen LogP contribution in [0.1, 0.15) is 38.3 Å². The van der Waals surface area contributed by atoms with Crippen molar-refractivity contribution in [1.29, 1.82) is 0 Å². The Hall–Kier alpha value is -1.22. The van der Waals surface area contributed by atoms with Crippen molar-refractivity contribution in [2.45, 2.75) is 39.0 Å². The summed E-state index contributed by atoms with van der Waals surface area (Å²) in [6, 6.07) is 3.58. The molecule has 0 aliphatic heterocycles. The number of phenolic OH excluding ortho intramolecular Hbond substituents is 2. The topological polar surface area (TPSA) is 66.5 Å². The average molecular weight is 223 g/mol. The van der Waals surface area contributed by atoms with Crippen molar-refractivity contribution in [3.8, 4) is 11.5 Å². The van der Waals surface area contributed by atoms with Gasteiger partial charge < -0.3 is 15.9 Å². The third kappa shape index (κ3) is 2.89. The molecule has 0 unspecified atom stereocenters. The predicted octanol–water partition coefficient (Wildman–Crippen LogP) is 2.29. The highest BCUT2D eigenvalue weighted by atomic mass is 16.3. The Labute approximate surface area is 96.9 Å². The van der Waals surface area contributed by atoms with Gasteiger partial charge in [0.25, 0.3) is 0 Å². The number of aromatic hydroxyl groups is 2. The Kier molecular flexibility index (Phi) is 3.81. The van der Waals surface area contributed by atoms with E-state index in [-0.39, 0.29) is 16.9 Å². The van der Waals surface area contributed by atoms with Crippen LogP contribution < -0.4 is 5.73 Å². The Morgan fingerprint density at radius 1 is 1.19 bits per heavy atom. The largest absolute Gasteiger partial charge is 0.504 e. The third-order valence-electron chi connectivity index (χ3n) is 2.69. The number of benzene rings is 1. The van der Waals surface area contributed by atoms with Crippen LogP contribution in [-0.2, 0) is 11.8 Å². The molecule has 0 fully saturated rings. The summed E-state index contributed by atoms with van der Waals surface area (Å²) in [7, 11) is 0. The van der Waals surface area contributed by atoms with Crippen molar-refractivity contribution in [2.24, 2.45) is 5.73 Å². The van der Waals surface area contributed by atoms with Crippen LogP contribution in [-0.4, -0.2) is 16.8 Å². The second-order valence-corrected chi connectivity index (χ2v) is 5.15. The summed E-state index contributed by atoms with van der Waals surface area (Å²) < 4.78 is 0. The van der Waals surface area contributed by atoms with E-state index in [1.54, 1.807) is 6.07 Å². The zero-order valence-corrected chi connectivity index (χ0v) is 10.2. The van der Waals surface area contributed by atoms with Crippen molar-refractivity contribution < 1.29 is 10.2 Å². The minimum absolute atomic E-state index is 0.0125. The van der Waals surface area contributed by atoms with Gasteiger partial charge in [-0.05, 0) is 42.0 Å². The van der Waals surface area contributed by atoms with Crippen molar-refractivity contribution >= 4 is 0 Å². The van der Waals surface area contributed by atoms with E-state index < -0.39 is 0 Å². The van der Waals surface area contributed by atoms with E-state index >= 15 is 0 Å². The zero-order chi connectivity index (χ0) is 12.3. The monoisotopic (exact) mass is 223 g/mol. The molecule has 0 amide bonds. The predicted molar refractivity (Wildman–Crippen MR) is 65.8 cm³/mol. The van der Waals surface area contributed by atoms with Gasteiger partial charge in [0.1, 0.15) is 0 Å². The molecule has 4 N–H and O–H groups in total. The average Bonchev–Trinajstić information content (AvgIpc) is 2.18. The van der Waals surface area contributed by atoms with Crippen LogP contribution in [0.15, 0.2) is 12.1 Å². The first-order valence-electron chi connectivity index (χ1n) is 5.61.